The maximum atomic E-state index is 13.4. The van der Waals surface area contributed by atoms with Crippen molar-refractivity contribution in [3.8, 4) is 22.9 Å². The van der Waals surface area contributed by atoms with Crippen molar-refractivity contribution in [2.45, 2.75) is 19.9 Å². The Labute approximate surface area is 183 Å². The number of rotatable bonds is 7. The van der Waals surface area contributed by atoms with Crippen molar-refractivity contribution >= 4 is 23.2 Å². The largest absolute Gasteiger partial charge is 0.495 e. The van der Waals surface area contributed by atoms with Gasteiger partial charge in [0.2, 0.25) is 5.91 Å². The normalized spacial score (nSPS) is 10.6. The summed E-state index contributed by atoms with van der Waals surface area (Å²) in [6, 6.07) is 9.99. The van der Waals surface area contributed by atoms with Crippen LogP contribution in [0.1, 0.15) is 12.6 Å². The van der Waals surface area contributed by atoms with Gasteiger partial charge in [-0.05, 0) is 36.8 Å². The summed E-state index contributed by atoms with van der Waals surface area (Å²) in [4.78, 5) is 30.0. The predicted octanol–water partition coefficient (Wildman–Crippen LogP) is 3.92. The van der Waals surface area contributed by atoms with Crippen molar-refractivity contribution in [3.05, 3.63) is 69.4 Å². The zero-order valence-corrected chi connectivity index (χ0v) is 18.0. The second-order valence-electron chi connectivity index (χ2n) is 6.59. The van der Waals surface area contributed by atoms with E-state index in [1.807, 2.05) is 6.92 Å². The van der Waals surface area contributed by atoms with Crippen LogP contribution in [0.2, 0.25) is 5.02 Å². The van der Waals surface area contributed by atoms with Crippen LogP contribution in [-0.4, -0.2) is 29.7 Å². The van der Waals surface area contributed by atoms with Crippen LogP contribution in [0.25, 0.3) is 11.4 Å². The van der Waals surface area contributed by atoms with E-state index in [0.29, 0.717) is 34.9 Å². The molecule has 0 saturated carbocycles. The Hall–Kier alpha value is -3.39. The molecular formula is C22H21ClFN3O4. The van der Waals surface area contributed by atoms with Crippen LogP contribution >= 0.6 is 11.6 Å². The van der Waals surface area contributed by atoms with Gasteiger partial charge >= 0.3 is 0 Å². The molecule has 2 aromatic carbocycles. The number of carbonyl (C=O) groups excluding carboxylic acids is 1. The van der Waals surface area contributed by atoms with E-state index in [9.17, 15) is 14.0 Å². The van der Waals surface area contributed by atoms with Gasteiger partial charge < -0.3 is 14.8 Å². The highest BCUT2D eigenvalue weighted by molar-refractivity contribution is 6.32. The van der Waals surface area contributed by atoms with Crippen LogP contribution in [0.5, 0.6) is 11.5 Å². The van der Waals surface area contributed by atoms with E-state index < -0.39 is 11.7 Å². The van der Waals surface area contributed by atoms with Crippen molar-refractivity contribution in [1.82, 2.24) is 9.55 Å². The average Bonchev–Trinajstić information content (AvgIpc) is 2.75. The Balaban J connectivity index is 1.96. The number of aromatic nitrogens is 2. The third-order valence-corrected chi connectivity index (χ3v) is 4.87. The summed E-state index contributed by atoms with van der Waals surface area (Å²) in [5.41, 5.74) is 1.03. The number of hydrogen-bond donors (Lipinski definition) is 1. The van der Waals surface area contributed by atoms with Gasteiger partial charge in [0.15, 0.2) is 0 Å². The van der Waals surface area contributed by atoms with Crippen molar-refractivity contribution in [1.29, 1.82) is 0 Å². The predicted molar refractivity (Wildman–Crippen MR) is 116 cm³/mol. The second-order valence-corrected chi connectivity index (χ2v) is 7.00. The van der Waals surface area contributed by atoms with E-state index in [0.717, 1.165) is 0 Å². The lowest BCUT2D eigenvalue weighted by Gasteiger charge is -2.15. The number of hydrogen-bond acceptors (Lipinski definition) is 5. The van der Waals surface area contributed by atoms with Crippen molar-refractivity contribution in [3.63, 3.8) is 0 Å². The third kappa shape index (κ3) is 5.03. The smallest absolute Gasteiger partial charge is 0.254 e. The highest BCUT2D eigenvalue weighted by atomic mass is 35.5. The van der Waals surface area contributed by atoms with Crippen LogP contribution in [-0.2, 0) is 17.8 Å². The van der Waals surface area contributed by atoms with Crippen LogP contribution in [0.3, 0.4) is 0 Å². The summed E-state index contributed by atoms with van der Waals surface area (Å²) < 4.78 is 25.0. The molecule has 0 aliphatic rings. The molecule has 162 valence electrons. The van der Waals surface area contributed by atoms with Gasteiger partial charge in [-0.1, -0.05) is 18.5 Å². The molecule has 1 amide bonds. The average molecular weight is 446 g/mol. The molecule has 31 heavy (non-hydrogen) atoms. The van der Waals surface area contributed by atoms with E-state index in [1.54, 1.807) is 6.07 Å². The Morgan fingerprint density at radius 1 is 1.13 bits per heavy atom. The summed E-state index contributed by atoms with van der Waals surface area (Å²) in [5, 5.41) is 2.98. The number of halogens is 2. The molecule has 0 fully saturated rings. The Morgan fingerprint density at radius 2 is 1.81 bits per heavy atom. The minimum atomic E-state index is -0.490. The van der Waals surface area contributed by atoms with E-state index in [2.05, 4.69) is 10.3 Å². The minimum Gasteiger partial charge on any atom is -0.495 e. The van der Waals surface area contributed by atoms with Crippen LogP contribution in [0.15, 0.2) is 47.3 Å². The summed E-state index contributed by atoms with van der Waals surface area (Å²) in [7, 11) is 2.91. The quantitative estimate of drug-likeness (QED) is 0.596. The molecule has 1 N–H and O–H groups in total. The van der Waals surface area contributed by atoms with Gasteiger partial charge in [0, 0.05) is 23.4 Å². The molecule has 1 aromatic heterocycles. The number of methoxy groups -OCH3 is 2. The number of carbonyl (C=O) groups is 1. The van der Waals surface area contributed by atoms with Crippen molar-refractivity contribution in [2.24, 2.45) is 0 Å². The maximum Gasteiger partial charge on any atom is 0.254 e. The lowest BCUT2D eigenvalue weighted by Crippen LogP contribution is -2.30. The van der Waals surface area contributed by atoms with Crippen LogP contribution < -0.4 is 20.3 Å². The SMILES string of the molecule is CCc1cc(=O)n(CC(=O)Nc2cc(Cl)c(OC)cc2OC)c(-c2ccc(F)cc2)n1. The Kier molecular flexibility index (Phi) is 6.91. The van der Waals surface area contributed by atoms with Gasteiger partial charge in [0.1, 0.15) is 29.7 Å². The number of nitrogens with zero attached hydrogens (tertiary/aromatic N) is 2. The standard InChI is InChI=1S/C22H21ClFN3O4/c1-4-15-9-21(29)27(22(25-15)13-5-7-14(24)8-6-13)12-20(28)26-17-10-16(23)18(30-2)11-19(17)31-3/h5-11H,4,12H2,1-3H3,(H,26,28). The number of ether oxygens (including phenoxy) is 2. The molecule has 0 aliphatic carbocycles. The number of benzene rings is 2. The van der Waals surface area contributed by atoms with E-state index in [4.69, 9.17) is 21.1 Å². The number of anilines is 1. The maximum absolute atomic E-state index is 13.4. The number of nitrogens with one attached hydrogen (secondary N) is 1. The monoisotopic (exact) mass is 445 g/mol. The molecule has 0 saturated heterocycles. The van der Waals surface area contributed by atoms with E-state index in [1.165, 1.54) is 55.2 Å². The molecular weight excluding hydrogens is 425 g/mol. The fourth-order valence-electron chi connectivity index (χ4n) is 3.00. The molecule has 3 rings (SSSR count). The van der Waals surface area contributed by atoms with Gasteiger partial charge in [-0.2, -0.15) is 0 Å². The summed E-state index contributed by atoms with van der Waals surface area (Å²) in [6.07, 6.45) is 0.540. The number of amides is 1. The van der Waals surface area contributed by atoms with Crippen molar-refractivity contribution in [2.75, 3.05) is 19.5 Å². The first-order chi connectivity index (χ1) is 14.9. The summed E-state index contributed by atoms with van der Waals surface area (Å²) >= 11 is 6.15. The Morgan fingerprint density at radius 3 is 2.42 bits per heavy atom. The molecule has 7 nitrogen and oxygen atoms in total. The molecule has 0 radical (unpaired) electrons. The molecule has 0 bridgehead atoms. The molecule has 3 aromatic rings. The highest BCUT2D eigenvalue weighted by Crippen LogP contribution is 2.35. The fourth-order valence-corrected chi connectivity index (χ4v) is 3.24. The summed E-state index contributed by atoms with van der Waals surface area (Å²) in [6.45, 7) is 1.56. The molecule has 0 unspecified atom stereocenters. The topological polar surface area (TPSA) is 82.5 Å². The van der Waals surface area contributed by atoms with Gasteiger partial charge in [0.05, 0.1) is 24.9 Å². The van der Waals surface area contributed by atoms with Crippen molar-refractivity contribution < 1.29 is 18.7 Å². The first-order valence-corrected chi connectivity index (χ1v) is 9.82. The van der Waals surface area contributed by atoms with Gasteiger partial charge in [-0.3, -0.25) is 14.2 Å². The molecule has 0 spiro atoms. The van der Waals surface area contributed by atoms with Gasteiger partial charge in [-0.15, -0.1) is 0 Å². The molecule has 9 heteroatoms. The minimum absolute atomic E-state index is 0.277. The fraction of sp³-hybridized carbons (Fsp3) is 0.227. The van der Waals surface area contributed by atoms with Crippen LogP contribution in [0.4, 0.5) is 10.1 Å². The third-order valence-electron chi connectivity index (χ3n) is 4.58. The second kappa shape index (κ2) is 9.61. The molecule has 1 heterocycles. The van der Waals surface area contributed by atoms with Gasteiger partial charge in [-0.25, -0.2) is 9.37 Å². The first kappa shape index (κ1) is 22.3. The first-order valence-electron chi connectivity index (χ1n) is 9.44. The van der Waals surface area contributed by atoms with Gasteiger partial charge in [0.25, 0.3) is 5.56 Å². The lowest BCUT2D eigenvalue weighted by atomic mass is 10.2. The molecule has 0 atom stereocenters. The van der Waals surface area contributed by atoms with E-state index in [-0.39, 0.29) is 23.0 Å². The van der Waals surface area contributed by atoms with E-state index >= 15 is 0 Å². The summed E-state index contributed by atoms with van der Waals surface area (Å²) in [5.74, 6) is 0.117. The number of aryl methyl sites for hydroxylation is 1. The highest BCUT2D eigenvalue weighted by Gasteiger charge is 2.17. The van der Waals surface area contributed by atoms with Crippen LogP contribution in [0, 0.1) is 5.82 Å². The molecule has 0 aliphatic heterocycles. The zero-order chi connectivity index (χ0) is 22.5. The lowest BCUT2D eigenvalue weighted by molar-refractivity contribution is -0.116. The Bertz CT molecular complexity index is 1160. The zero-order valence-electron chi connectivity index (χ0n) is 17.2.